The molecule has 1 aliphatic heterocycles. The number of rotatable bonds is 2. The van der Waals surface area contributed by atoms with Gasteiger partial charge in [-0.3, -0.25) is 4.68 Å². The maximum absolute atomic E-state index is 6.13. The van der Waals surface area contributed by atoms with E-state index in [0.29, 0.717) is 0 Å². The van der Waals surface area contributed by atoms with Crippen molar-refractivity contribution in [3.63, 3.8) is 0 Å². The Morgan fingerprint density at radius 3 is 2.71 bits per heavy atom. The van der Waals surface area contributed by atoms with E-state index in [0.717, 1.165) is 36.2 Å². The molecule has 0 bridgehead atoms. The van der Waals surface area contributed by atoms with Crippen LogP contribution in [0.3, 0.4) is 0 Å². The van der Waals surface area contributed by atoms with Gasteiger partial charge in [0.15, 0.2) is 0 Å². The number of anilines is 2. The third-order valence-corrected chi connectivity index (χ3v) is 3.96. The first-order chi connectivity index (χ1) is 8.13. The molecule has 0 saturated carbocycles. The Morgan fingerprint density at radius 1 is 1.35 bits per heavy atom. The molecule has 4 nitrogen and oxygen atoms in total. The summed E-state index contributed by atoms with van der Waals surface area (Å²) >= 11 is 0. The van der Waals surface area contributed by atoms with Gasteiger partial charge in [0.05, 0.1) is 11.4 Å². The fraction of sp³-hybridized carbons (Fsp3) is 0.769. The third kappa shape index (κ3) is 2.40. The van der Waals surface area contributed by atoms with E-state index in [9.17, 15) is 0 Å². The molecule has 0 amide bonds. The molecule has 0 radical (unpaired) electrons. The smallest absolute Gasteiger partial charge is 0.150 e. The molecule has 1 unspecified atom stereocenters. The van der Waals surface area contributed by atoms with Gasteiger partial charge in [-0.25, -0.2) is 0 Å². The first kappa shape index (κ1) is 12.3. The zero-order valence-corrected chi connectivity index (χ0v) is 11.2. The van der Waals surface area contributed by atoms with E-state index in [-0.39, 0.29) is 0 Å². The number of nitrogens with two attached hydrogens (primary N) is 1. The predicted octanol–water partition coefficient (Wildman–Crippen LogP) is 2.33. The number of hydrogen-bond donors (Lipinski definition) is 1. The first-order valence-electron chi connectivity index (χ1n) is 6.67. The van der Waals surface area contributed by atoms with Gasteiger partial charge in [-0.05, 0) is 32.1 Å². The van der Waals surface area contributed by atoms with Crippen LogP contribution in [0.15, 0.2) is 0 Å². The molecule has 1 saturated heterocycles. The molecule has 1 atom stereocenters. The Balaban J connectivity index is 2.17. The fourth-order valence-corrected chi connectivity index (χ4v) is 2.82. The van der Waals surface area contributed by atoms with Gasteiger partial charge in [-0.2, -0.15) is 5.10 Å². The molecule has 2 rings (SSSR count). The quantitative estimate of drug-likeness (QED) is 0.857. The second kappa shape index (κ2) is 4.98. The van der Waals surface area contributed by atoms with Gasteiger partial charge >= 0.3 is 0 Å². The Bertz CT molecular complexity index is 383. The second-order valence-electron chi connectivity index (χ2n) is 5.14. The van der Waals surface area contributed by atoms with E-state index in [4.69, 9.17) is 5.73 Å². The molecule has 1 aromatic heterocycles. The largest absolute Gasteiger partial charge is 0.394 e. The van der Waals surface area contributed by atoms with Crippen LogP contribution in [-0.4, -0.2) is 22.9 Å². The lowest BCUT2D eigenvalue weighted by Crippen LogP contribution is -2.27. The summed E-state index contributed by atoms with van der Waals surface area (Å²) in [7, 11) is 1.99. The molecule has 96 valence electrons. The van der Waals surface area contributed by atoms with E-state index in [1.165, 1.54) is 25.7 Å². The summed E-state index contributed by atoms with van der Waals surface area (Å²) in [6, 6.07) is 0. The zero-order chi connectivity index (χ0) is 12.4. The molecule has 2 N–H and O–H groups in total. The van der Waals surface area contributed by atoms with Crippen molar-refractivity contribution < 1.29 is 0 Å². The highest BCUT2D eigenvalue weighted by atomic mass is 15.4. The van der Waals surface area contributed by atoms with E-state index in [1.54, 1.807) is 0 Å². The highest BCUT2D eigenvalue weighted by molar-refractivity contribution is 5.66. The highest BCUT2D eigenvalue weighted by Crippen LogP contribution is 2.29. The molecule has 1 fully saturated rings. The van der Waals surface area contributed by atoms with Crippen LogP contribution in [-0.2, 0) is 7.05 Å². The SMILES string of the molecule is CCC1CCCN(c2c(N)c(C)nn2C)CC1. The Morgan fingerprint density at radius 2 is 2.12 bits per heavy atom. The van der Waals surface area contributed by atoms with Gasteiger partial charge in [0.1, 0.15) is 5.82 Å². The van der Waals surface area contributed by atoms with Crippen molar-refractivity contribution in [3.8, 4) is 0 Å². The van der Waals surface area contributed by atoms with Crippen molar-refractivity contribution in [3.05, 3.63) is 5.69 Å². The molecule has 0 aliphatic carbocycles. The van der Waals surface area contributed by atoms with Crippen LogP contribution in [0.25, 0.3) is 0 Å². The standard InChI is InChI=1S/C13H24N4/c1-4-11-6-5-8-17(9-7-11)13-12(14)10(2)15-16(13)3/h11H,4-9,14H2,1-3H3. The molecular formula is C13H24N4. The van der Waals surface area contributed by atoms with E-state index in [2.05, 4.69) is 16.9 Å². The van der Waals surface area contributed by atoms with E-state index >= 15 is 0 Å². The van der Waals surface area contributed by atoms with Gasteiger partial charge in [0, 0.05) is 20.1 Å². The van der Waals surface area contributed by atoms with Crippen molar-refractivity contribution in [2.24, 2.45) is 13.0 Å². The van der Waals surface area contributed by atoms with Gasteiger partial charge in [-0.15, -0.1) is 0 Å². The van der Waals surface area contributed by atoms with Crippen LogP contribution < -0.4 is 10.6 Å². The van der Waals surface area contributed by atoms with Crippen LogP contribution >= 0.6 is 0 Å². The Labute approximate surface area is 104 Å². The molecule has 1 aromatic rings. The topological polar surface area (TPSA) is 47.1 Å². The third-order valence-electron chi connectivity index (χ3n) is 3.96. The summed E-state index contributed by atoms with van der Waals surface area (Å²) in [5.74, 6) is 2.00. The van der Waals surface area contributed by atoms with Crippen LogP contribution in [0.5, 0.6) is 0 Å². The number of hydrogen-bond acceptors (Lipinski definition) is 3. The maximum atomic E-state index is 6.13. The Hall–Kier alpha value is -1.19. The highest BCUT2D eigenvalue weighted by Gasteiger charge is 2.21. The summed E-state index contributed by atoms with van der Waals surface area (Å²) in [5.41, 5.74) is 7.92. The molecular weight excluding hydrogens is 212 g/mol. The molecule has 1 aliphatic rings. The van der Waals surface area contributed by atoms with Gasteiger partial charge in [0.2, 0.25) is 0 Å². The van der Waals surface area contributed by atoms with Crippen molar-refractivity contribution in [2.75, 3.05) is 23.7 Å². The van der Waals surface area contributed by atoms with Crippen molar-refractivity contribution in [1.82, 2.24) is 9.78 Å². The van der Waals surface area contributed by atoms with E-state index in [1.807, 2.05) is 18.7 Å². The maximum Gasteiger partial charge on any atom is 0.150 e. The van der Waals surface area contributed by atoms with Crippen LogP contribution in [0.1, 0.15) is 38.3 Å². The monoisotopic (exact) mass is 236 g/mol. The lowest BCUT2D eigenvalue weighted by Gasteiger charge is -2.23. The van der Waals surface area contributed by atoms with Crippen LogP contribution in [0.2, 0.25) is 0 Å². The first-order valence-corrected chi connectivity index (χ1v) is 6.67. The number of aromatic nitrogens is 2. The van der Waals surface area contributed by atoms with E-state index < -0.39 is 0 Å². The average Bonchev–Trinajstić information content (AvgIpc) is 2.51. The lowest BCUT2D eigenvalue weighted by atomic mass is 9.98. The summed E-state index contributed by atoms with van der Waals surface area (Å²) in [6.45, 7) is 6.50. The number of nitrogens with zero attached hydrogens (tertiary/aromatic N) is 3. The summed E-state index contributed by atoms with van der Waals surface area (Å²) < 4.78 is 1.93. The Kier molecular flexibility index (Phi) is 3.60. The normalized spacial score (nSPS) is 21.6. The summed E-state index contributed by atoms with van der Waals surface area (Å²) in [6.07, 6.45) is 5.19. The van der Waals surface area contributed by atoms with Crippen molar-refractivity contribution in [1.29, 1.82) is 0 Å². The molecule has 0 aromatic carbocycles. The molecule has 4 heteroatoms. The minimum Gasteiger partial charge on any atom is -0.394 e. The minimum atomic E-state index is 0.849. The zero-order valence-electron chi connectivity index (χ0n) is 11.2. The second-order valence-corrected chi connectivity index (χ2v) is 5.14. The van der Waals surface area contributed by atoms with Crippen molar-refractivity contribution in [2.45, 2.75) is 39.5 Å². The fourth-order valence-electron chi connectivity index (χ4n) is 2.82. The van der Waals surface area contributed by atoms with Gasteiger partial charge in [0.25, 0.3) is 0 Å². The molecule has 17 heavy (non-hydrogen) atoms. The predicted molar refractivity (Wildman–Crippen MR) is 72.2 cm³/mol. The van der Waals surface area contributed by atoms with Gasteiger partial charge in [-0.1, -0.05) is 13.3 Å². The summed E-state index contributed by atoms with van der Waals surface area (Å²) in [5, 5.41) is 4.41. The van der Waals surface area contributed by atoms with Crippen LogP contribution in [0.4, 0.5) is 11.5 Å². The molecule has 0 spiro atoms. The summed E-state index contributed by atoms with van der Waals surface area (Å²) in [4.78, 5) is 2.41. The lowest BCUT2D eigenvalue weighted by molar-refractivity contribution is 0.459. The number of nitrogen functional groups attached to an aromatic ring is 1. The van der Waals surface area contributed by atoms with Crippen molar-refractivity contribution >= 4 is 11.5 Å². The number of aryl methyl sites for hydroxylation is 2. The average molecular weight is 236 g/mol. The molecule has 2 heterocycles. The van der Waals surface area contributed by atoms with Gasteiger partial charge < -0.3 is 10.6 Å². The minimum absolute atomic E-state index is 0.849. The van der Waals surface area contributed by atoms with Crippen LogP contribution in [0, 0.1) is 12.8 Å².